The first-order valence-corrected chi connectivity index (χ1v) is 15.0. The third kappa shape index (κ3) is 3.65. The standard InChI is InChI=1S/C33H30N2O6S/c1-33-24(30(38)35(32(33)40)19-7-4-3-5-8-19)16-23-21(28(33)18-10-13-25(36)26(15-18)41-2)11-12-22-27(23)31(39)34(29(22)37)17-20-9-6-14-42-20/h3-11,13-15,22-24,27-28,36H,12,16-17H2,1-2H3/t22-,23+,24-,27-,28-,33+/m0/s1. The largest absolute Gasteiger partial charge is 0.504 e. The van der Waals surface area contributed by atoms with Crippen LogP contribution in [0, 0.1) is 29.1 Å². The van der Waals surface area contributed by atoms with E-state index in [1.54, 1.807) is 36.4 Å². The van der Waals surface area contributed by atoms with E-state index < -0.39 is 29.1 Å². The molecule has 42 heavy (non-hydrogen) atoms. The maximum Gasteiger partial charge on any atom is 0.241 e. The molecule has 3 aromatic rings. The molecule has 7 rings (SSSR count). The average Bonchev–Trinajstić information content (AvgIpc) is 3.65. The first-order valence-electron chi connectivity index (χ1n) is 14.1. The first kappa shape index (κ1) is 26.6. The lowest BCUT2D eigenvalue weighted by molar-refractivity contribution is -0.141. The molecule has 214 valence electrons. The van der Waals surface area contributed by atoms with Gasteiger partial charge < -0.3 is 9.84 Å². The quantitative estimate of drug-likeness (QED) is 0.339. The molecule has 3 heterocycles. The smallest absolute Gasteiger partial charge is 0.241 e. The van der Waals surface area contributed by atoms with Crippen molar-refractivity contribution in [2.24, 2.45) is 29.1 Å². The van der Waals surface area contributed by atoms with Gasteiger partial charge in [0.1, 0.15) is 0 Å². The van der Waals surface area contributed by atoms with Gasteiger partial charge in [-0.3, -0.25) is 24.1 Å². The number of hydrogen-bond donors (Lipinski definition) is 1. The van der Waals surface area contributed by atoms with Crippen molar-refractivity contribution in [2.45, 2.75) is 32.2 Å². The van der Waals surface area contributed by atoms with Gasteiger partial charge >= 0.3 is 0 Å². The van der Waals surface area contributed by atoms with Crippen molar-refractivity contribution >= 4 is 40.7 Å². The van der Waals surface area contributed by atoms with E-state index in [1.165, 1.54) is 34.3 Å². The fourth-order valence-corrected chi connectivity index (χ4v) is 8.56. The Morgan fingerprint density at radius 2 is 1.76 bits per heavy atom. The van der Waals surface area contributed by atoms with Gasteiger partial charge in [-0.1, -0.05) is 42.0 Å². The molecule has 6 atom stereocenters. The molecule has 8 nitrogen and oxygen atoms in total. The zero-order valence-corrected chi connectivity index (χ0v) is 24.0. The molecule has 0 bridgehead atoms. The van der Waals surface area contributed by atoms with Crippen LogP contribution in [0.4, 0.5) is 5.69 Å². The molecule has 2 saturated heterocycles. The SMILES string of the molecule is COc1cc([C@H]2C3=CC[C@@H]4C(=O)N(Cc5cccs5)C(=O)[C@@H]4[C@@H]3C[C@H]3C(=O)N(c4ccccc4)C(=O)[C@@]23C)ccc1O. The molecule has 1 N–H and O–H groups in total. The summed E-state index contributed by atoms with van der Waals surface area (Å²) in [5, 5.41) is 12.3. The van der Waals surface area contributed by atoms with Gasteiger partial charge in [-0.05, 0) is 67.0 Å². The number of rotatable bonds is 5. The minimum absolute atomic E-state index is 0.0338. The monoisotopic (exact) mass is 582 g/mol. The molecular formula is C33H30N2O6S. The summed E-state index contributed by atoms with van der Waals surface area (Å²) in [7, 11) is 1.46. The second kappa shape index (κ2) is 9.66. The Kier molecular flexibility index (Phi) is 6.13. The molecule has 3 fully saturated rings. The summed E-state index contributed by atoms with van der Waals surface area (Å²) < 4.78 is 5.42. The van der Waals surface area contributed by atoms with Crippen molar-refractivity contribution in [1.29, 1.82) is 0 Å². The van der Waals surface area contributed by atoms with Crippen LogP contribution in [0.15, 0.2) is 77.7 Å². The Morgan fingerprint density at radius 3 is 2.48 bits per heavy atom. The number of allylic oxidation sites excluding steroid dienone is 2. The van der Waals surface area contributed by atoms with Crippen LogP contribution in [-0.4, -0.2) is 40.7 Å². The number of nitrogens with zero attached hydrogens (tertiary/aromatic N) is 2. The van der Waals surface area contributed by atoms with Crippen LogP contribution >= 0.6 is 11.3 Å². The summed E-state index contributed by atoms with van der Waals surface area (Å²) in [6.45, 7) is 2.09. The highest BCUT2D eigenvalue weighted by molar-refractivity contribution is 7.09. The molecule has 2 aliphatic heterocycles. The summed E-state index contributed by atoms with van der Waals surface area (Å²) in [5.74, 6) is -3.50. The second-order valence-corrected chi connectivity index (χ2v) is 12.8. The van der Waals surface area contributed by atoms with Crippen LogP contribution in [0.2, 0.25) is 0 Å². The molecule has 0 radical (unpaired) electrons. The second-order valence-electron chi connectivity index (χ2n) is 11.8. The summed E-state index contributed by atoms with van der Waals surface area (Å²) in [6, 6.07) is 17.7. The van der Waals surface area contributed by atoms with Crippen LogP contribution in [0.1, 0.15) is 36.1 Å². The zero-order chi connectivity index (χ0) is 29.3. The molecule has 4 amide bonds. The predicted molar refractivity (Wildman–Crippen MR) is 156 cm³/mol. The van der Waals surface area contributed by atoms with Crippen LogP contribution < -0.4 is 9.64 Å². The molecule has 0 spiro atoms. The Labute approximate surface area is 247 Å². The molecule has 0 unspecified atom stereocenters. The van der Waals surface area contributed by atoms with Crippen molar-refractivity contribution in [3.8, 4) is 11.5 Å². The van der Waals surface area contributed by atoms with E-state index in [0.29, 0.717) is 18.5 Å². The van der Waals surface area contributed by atoms with Gasteiger partial charge in [0.05, 0.1) is 42.5 Å². The van der Waals surface area contributed by atoms with E-state index in [4.69, 9.17) is 4.74 Å². The summed E-state index contributed by atoms with van der Waals surface area (Å²) in [5.41, 5.74) is 0.980. The minimum Gasteiger partial charge on any atom is -0.504 e. The number of methoxy groups -OCH3 is 1. The number of aromatic hydroxyl groups is 1. The normalized spacial score (nSPS) is 30.2. The van der Waals surface area contributed by atoms with E-state index >= 15 is 0 Å². The maximum absolute atomic E-state index is 14.4. The third-order valence-electron chi connectivity index (χ3n) is 9.81. The zero-order valence-electron chi connectivity index (χ0n) is 23.2. The lowest BCUT2D eigenvalue weighted by atomic mass is 9.51. The third-order valence-corrected chi connectivity index (χ3v) is 10.7. The van der Waals surface area contributed by atoms with Gasteiger partial charge in [0.25, 0.3) is 0 Å². The van der Waals surface area contributed by atoms with E-state index in [1.807, 2.05) is 36.6 Å². The Morgan fingerprint density at radius 1 is 0.976 bits per heavy atom. The number of thiophene rings is 1. The van der Waals surface area contributed by atoms with Crippen LogP contribution in [0.25, 0.3) is 0 Å². The molecular weight excluding hydrogens is 552 g/mol. The van der Waals surface area contributed by atoms with Crippen LogP contribution in [0.5, 0.6) is 11.5 Å². The highest BCUT2D eigenvalue weighted by Gasteiger charge is 2.67. The number of phenols is 1. The number of likely N-dealkylation sites (tertiary alicyclic amines) is 1. The van der Waals surface area contributed by atoms with E-state index in [2.05, 4.69) is 0 Å². The summed E-state index contributed by atoms with van der Waals surface area (Å²) in [4.78, 5) is 59.7. The highest BCUT2D eigenvalue weighted by atomic mass is 32.1. The average molecular weight is 583 g/mol. The molecule has 2 aliphatic carbocycles. The van der Waals surface area contributed by atoms with E-state index in [0.717, 1.165) is 16.0 Å². The fraction of sp³-hybridized carbons (Fsp3) is 0.333. The molecule has 1 saturated carbocycles. The summed E-state index contributed by atoms with van der Waals surface area (Å²) >= 11 is 1.50. The first-order chi connectivity index (χ1) is 20.3. The lowest BCUT2D eigenvalue weighted by Crippen LogP contribution is -2.48. The minimum atomic E-state index is -1.15. The number of imide groups is 2. The fourth-order valence-electron chi connectivity index (χ4n) is 7.87. The van der Waals surface area contributed by atoms with Gasteiger partial charge in [-0.25, -0.2) is 4.90 Å². The topological polar surface area (TPSA) is 104 Å². The summed E-state index contributed by atoms with van der Waals surface area (Å²) in [6.07, 6.45) is 2.72. The van der Waals surface area contributed by atoms with Crippen LogP contribution in [-0.2, 0) is 25.7 Å². The number of carbonyl (C=O) groups is 4. The van der Waals surface area contributed by atoms with Crippen molar-refractivity contribution in [3.05, 3.63) is 88.1 Å². The maximum atomic E-state index is 14.4. The van der Waals surface area contributed by atoms with Gasteiger partial charge in [0, 0.05) is 10.8 Å². The molecule has 4 aliphatic rings. The Bertz CT molecular complexity index is 1650. The van der Waals surface area contributed by atoms with Gasteiger partial charge in [-0.15, -0.1) is 11.3 Å². The highest BCUT2D eigenvalue weighted by Crippen LogP contribution is 2.64. The number of carbonyl (C=O) groups excluding carboxylic acids is 4. The number of benzene rings is 2. The molecule has 2 aromatic carbocycles. The number of amides is 4. The predicted octanol–water partition coefficient (Wildman–Crippen LogP) is 4.89. The number of anilines is 1. The van der Waals surface area contributed by atoms with Crippen molar-refractivity contribution in [3.63, 3.8) is 0 Å². The van der Waals surface area contributed by atoms with Gasteiger partial charge in [-0.2, -0.15) is 0 Å². The number of phenolic OH excluding ortho intramolecular Hbond substituents is 1. The van der Waals surface area contributed by atoms with E-state index in [-0.39, 0.29) is 47.6 Å². The number of fused-ring (bicyclic) bond motifs is 4. The van der Waals surface area contributed by atoms with E-state index in [9.17, 15) is 24.3 Å². The van der Waals surface area contributed by atoms with Crippen molar-refractivity contribution in [2.75, 3.05) is 12.0 Å². The van der Waals surface area contributed by atoms with Crippen molar-refractivity contribution < 1.29 is 29.0 Å². The van der Waals surface area contributed by atoms with Crippen LogP contribution in [0.3, 0.4) is 0 Å². The number of hydrogen-bond acceptors (Lipinski definition) is 7. The molecule has 9 heteroatoms. The lowest BCUT2D eigenvalue weighted by Gasteiger charge is -2.49. The number of ether oxygens (including phenoxy) is 1. The van der Waals surface area contributed by atoms with Crippen molar-refractivity contribution in [1.82, 2.24) is 4.90 Å². The Balaban J connectivity index is 1.36. The Hall–Kier alpha value is -4.24. The van der Waals surface area contributed by atoms with Gasteiger partial charge in [0.2, 0.25) is 23.6 Å². The van der Waals surface area contributed by atoms with Gasteiger partial charge in [0.15, 0.2) is 11.5 Å². The number of para-hydroxylation sites is 1. The molecule has 1 aromatic heterocycles.